The molecule has 3 aromatic carbocycles. The fourth-order valence-electron chi connectivity index (χ4n) is 3.51. The highest BCUT2D eigenvalue weighted by molar-refractivity contribution is 6.35. The summed E-state index contributed by atoms with van der Waals surface area (Å²) in [5.41, 5.74) is 4.53. The lowest BCUT2D eigenvalue weighted by Crippen LogP contribution is -2.09. The summed E-state index contributed by atoms with van der Waals surface area (Å²) in [7, 11) is 0. The van der Waals surface area contributed by atoms with Crippen molar-refractivity contribution >= 4 is 22.3 Å². The molecule has 3 aromatic rings. The lowest BCUT2D eigenvalue weighted by molar-refractivity contribution is 0.103. The van der Waals surface area contributed by atoms with Crippen LogP contribution >= 0.6 is 0 Å². The molecule has 2 aliphatic carbocycles. The summed E-state index contributed by atoms with van der Waals surface area (Å²) in [6.45, 7) is 0. The van der Waals surface area contributed by atoms with Crippen LogP contribution in [0, 0.1) is 0 Å². The summed E-state index contributed by atoms with van der Waals surface area (Å²) in [6, 6.07) is 15.0. The van der Waals surface area contributed by atoms with Crippen LogP contribution in [0.4, 0.5) is 0 Å². The Bertz CT molecular complexity index is 980. The molecule has 0 fully saturated rings. The van der Waals surface area contributed by atoms with Crippen LogP contribution in [0.5, 0.6) is 0 Å². The van der Waals surface area contributed by atoms with Gasteiger partial charge in [0, 0.05) is 38.8 Å². The monoisotopic (exact) mass is 256 g/mol. The van der Waals surface area contributed by atoms with Crippen molar-refractivity contribution in [2.75, 3.05) is 0 Å². The van der Waals surface area contributed by atoms with Gasteiger partial charge in [-0.1, -0.05) is 42.5 Å². The van der Waals surface area contributed by atoms with Crippen LogP contribution in [0.15, 0.2) is 48.5 Å². The SMILES string of the molecule is O=C1c2cccc3c2-c2c1ccc1cccc(c21)C3=O. The average Bonchev–Trinajstić information content (AvgIpc) is 2.79. The Morgan fingerprint density at radius 3 is 1.95 bits per heavy atom. The molecule has 0 aliphatic heterocycles. The Kier molecular flexibility index (Phi) is 1.54. The van der Waals surface area contributed by atoms with Gasteiger partial charge in [0.15, 0.2) is 11.6 Å². The Morgan fingerprint density at radius 1 is 0.550 bits per heavy atom. The molecule has 0 saturated heterocycles. The predicted molar refractivity (Wildman–Crippen MR) is 76.2 cm³/mol. The first-order chi connectivity index (χ1) is 9.77. The number of carbonyl (C=O) groups is 2. The molecule has 92 valence electrons. The number of ketones is 2. The normalized spacial score (nSPS) is 14.2. The van der Waals surface area contributed by atoms with Crippen LogP contribution in [0.2, 0.25) is 0 Å². The molecule has 0 N–H and O–H groups in total. The third kappa shape index (κ3) is 0.914. The summed E-state index contributed by atoms with van der Waals surface area (Å²) in [5.74, 6) is 0.0510. The zero-order valence-corrected chi connectivity index (χ0v) is 10.4. The van der Waals surface area contributed by atoms with Gasteiger partial charge in [0.1, 0.15) is 0 Å². The first-order valence-electron chi connectivity index (χ1n) is 6.56. The van der Waals surface area contributed by atoms with Crippen LogP contribution in [0.25, 0.3) is 21.9 Å². The number of rotatable bonds is 0. The van der Waals surface area contributed by atoms with Crippen LogP contribution in [-0.4, -0.2) is 11.6 Å². The fraction of sp³-hybridized carbons (Fsp3) is 0. The van der Waals surface area contributed by atoms with Crippen molar-refractivity contribution in [2.24, 2.45) is 0 Å². The highest BCUT2D eigenvalue weighted by Crippen LogP contribution is 2.47. The molecule has 0 saturated carbocycles. The molecular formula is C18H8O2. The molecule has 5 rings (SSSR count). The molecule has 20 heavy (non-hydrogen) atoms. The molecule has 2 heteroatoms. The Hall–Kier alpha value is -2.74. The van der Waals surface area contributed by atoms with Crippen molar-refractivity contribution in [1.82, 2.24) is 0 Å². The van der Waals surface area contributed by atoms with Gasteiger partial charge in [-0.15, -0.1) is 0 Å². The highest BCUT2D eigenvalue weighted by atomic mass is 16.1. The van der Waals surface area contributed by atoms with E-state index >= 15 is 0 Å². The van der Waals surface area contributed by atoms with Gasteiger partial charge in [-0.05, 0) is 11.5 Å². The van der Waals surface area contributed by atoms with Crippen LogP contribution in [-0.2, 0) is 0 Å². The summed E-state index contributed by atoms with van der Waals surface area (Å²) >= 11 is 0. The summed E-state index contributed by atoms with van der Waals surface area (Å²) in [6.07, 6.45) is 0. The second-order valence-electron chi connectivity index (χ2n) is 5.28. The maximum absolute atomic E-state index is 12.7. The summed E-state index contributed by atoms with van der Waals surface area (Å²) in [4.78, 5) is 25.2. The molecule has 0 unspecified atom stereocenters. The van der Waals surface area contributed by atoms with Crippen molar-refractivity contribution in [2.45, 2.75) is 0 Å². The Morgan fingerprint density at radius 2 is 1.15 bits per heavy atom. The zero-order valence-electron chi connectivity index (χ0n) is 10.4. The fourth-order valence-corrected chi connectivity index (χ4v) is 3.51. The summed E-state index contributed by atoms with van der Waals surface area (Å²) < 4.78 is 0. The molecule has 2 nitrogen and oxygen atoms in total. The first-order valence-corrected chi connectivity index (χ1v) is 6.56. The maximum Gasteiger partial charge on any atom is 0.194 e. The predicted octanol–water partition coefficient (Wildman–Crippen LogP) is 3.60. The van der Waals surface area contributed by atoms with Gasteiger partial charge >= 0.3 is 0 Å². The maximum atomic E-state index is 12.7. The van der Waals surface area contributed by atoms with E-state index in [0.29, 0.717) is 16.7 Å². The van der Waals surface area contributed by atoms with E-state index in [1.54, 1.807) is 6.07 Å². The minimum atomic E-state index is 0.0202. The topological polar surface area (TPSA) is 34.1 Å². The van der Waals surface area contributed by atoms with Crippen molar-refractivity contribution in [3.63, 3.8) is 0 Å². The third-order valence-electron chi connectivity index (χ3n) is 4.34. The molecule has 0 amide bonds. The van der Waals surface area contributed by atoms with Crippen molar-refractivity contribution < 1.29 is 9.59 Å². The zero-order chi connectivity index (χ0) is 13.4. The van der Waals surface area contributed by atoms with E-state index in [-0.39, 0.29) is 11.6 Å². The molecule has 0 spiro atoms. The molecule has 0 aromatic heterocycles. The number of benzene rings is 3. The molecule has 0 atom stereocenters. The first kappa shape index (κ1) is 10.1. The van der Waals surface area contributed by atoms with Gasteiger partial charge in [0.05, 0.1) is 0 Å². The molecular weight excluding hydrogens is 248 g/mol. The molecule has 0 radical (unpaired) electrons. The van der Waals surface area contributed by atoms with E-state index in [1.165, 1.54) is 0 Å². The number of hydrogen-bond donors (Lipinski definition) is 0. The second-order valence-corrected chi connectivity index (χ2v) is 5.28. The lowest BCUT2D eigenvalue weighted by atomic mass is 9.83. The van der Waals surface area contributed by atoms with Gasteiger partial charge in [-0.3, -0.25) is 9.59 Å². The van der Waals surface area contributed by atoms with E-state index in [9.17, 15) is 9.59 Å². The van der Waals surface area contributed by atoms with E-state index in [4.69, 9.17) is 0 Å². The van der Waals surface area contributed by atoms with E-state index in [0.717, 1.165) is 27.5 Å². The molecule has 2 aliphatic rings. The van der Waals surface area contributed by atoms with Gasteiger partial charge in [0.25, 0.3) is 0 Å². The lowest BCUT2D eigenvalue weighted by Gasteiger charge is -2.18. The van der Waals surface area contributed by atoms with Crippen molar-refractivity contribution in [3.05, 3.63) is 70.8 Å². The van der Waals surface area contributed by atoms with Gasteiger partial charge < -0.3 is 0 Å². The average molecular weight is 256 g/mol. The second kappa shape index (κ2) is 3.05. The van der Waals surface area contributed by atoms with Crippen LogP contribution in [0.1, 0.15) is 31.8 Å². The minimum Gasteiger partial charge on any atom is -0.289 e. The van der Waals surface area contributed by atoms with Crippen molar-refractivity contribution in [3.8, 4) is 11.1 Å². The third-order valence-corrected chi connectivity index (χ3v) is 4.34. The Labute approximate surface area is 114 Å². The van der Waals surface area contributed by atoms with E-state index in [2.05, 4.69) is 0 Å². The summed E-state index contributed by atoms with van der Waals surface area (Å²) in [5, 5.41) is 1.95. The largest absolute Gasteiger partial charge is 0.289 e. The smallest absolute Gasteiger partial charge is 0.194 e. The van der Waals surface area contributed by atoms with E-state index in [1.807, 2.05) is 42.5 Å². The number of hydrogen-bond acceptors (Lipinski definition) is 2. The van der Waals surface area contributed by atoms with Gasteiger partial charge in [-0.2, -0.15) is 0 Å². The minimum absolute atomic E-state index is 0.0202. The van der Waals surface area contributed by atoms with E-state index < -0.39 is 0 Å². The van der Waals surface area contributed by atoms with Gasteiger partial charge in [-0.25, -0.2) is 0 Å². The Balaban J connectivity index is 2.17. The quantitative estimate of drug-likeness (QED) is 0.424. The van der Waals surface area contributed by atoms with Gasteiger partial charge in [0.2, 0.25) is 0 Å². The van der Waals surface area contributed by atoms with Crippen molar-refractivity contribution in [1.29, 1.82) is 0 Å². The standard InChI is InChI=1S/C18H8O2/c19-17-10-4-1-3-9-7-8-13-16(14(9)10)15-11(17)5-2-6-12(15)18(13)20/h1-8H. The van der Waals surface area contributed by atoms with Crippen LogP contribution < -0.4 is 0 Å². The van der Waals surface area contributed by atoms with Crippen LogP contribution in [0.3, 0.4) is 0 Å². The number of carbonyl (C=O) groups excluding carboxylic acids is 2. The highest BCUT2D eigenvalue weighted by Gasteiger charge is 2.36. The molecule has 0 bridgehead atoms. The molecule has 0 heterocycles.